The van der Waals surface area contributed by atoms with Gasteiger partial charge in [0, 0.05) is 6.61 Å². The Bertz CT molecular complexity index is 612. The highest BCUT2D eigenvalue weighted by atomic mass is 35.5. The lowest BCUT2D eigenvalue weighted by molar-refractivity contribution is -0.0983. The summed E-state index contributed by atoms with van der Waals surface area (Å²) in [6.45, 7) is 2.63. The van der Waals surface area contributed by atoms with Gasteiger partial charge in [-0.15, -0.1) is 11.3 Å². The second-order valence-electron chi connectivity index (χ2n) is 5.35. The van der Waals surface area contributed by atoms with Crippen molar-refractivity contribution < 1.29 is 9.84 Å². The van der Waals surface area contributed by atoms with E-state index in [-0.39, 0.29) is 5.92 Å². The van der Waals surface area contributed by atoms with Gasteiger partial charge < -0.3 is 9.84 Å². The highest BCUT2D eigenvalue weighted by Gasteiger charge is 2.49. The number of ether oxygens (including phenoxy) is 1. The first-order valence-corrected chi connectivity index (χ1v) is 9.00. The highest BCUT2D eigenvalue weighted by Crippen LogP contribution is 2.52. The third-order valence-corrected chi connectivity index (χ3v) is 6.83. The molecule has 2 atom stereocenters. The quantitative estimate of drug-likeness (QED) is 0.651. The first kappa shape index (κ1) is 15.8. The van der Waals surface area contributed by atoms with E-state index in [1.807, 2.05) is 24.3 Å². The molecule has 1 aliphatic heterocycles. The summed E-state index contributed by atoms with van der Waals surface area (Å²) in [6.07, 6.45) is 0.527. The zero-order chi connectivity index (χ0) is 15.1. The Morgan fingerprint density at radius 2 is 2.24 bits per heavy atom. The molecule has 7 heteroatoms. The van der Waals surface area contributed by atoms with E-state index in [4.69, 9.17) is 27.9 Å². The number of para-hydroxylation sites is 1. The number of aromatic nitrogens is 1. The monoisotopic (exact) mass is 363 g/mol. The van der Waals surface area contributed by atoms with Gasteiger partial charge in [0.25, 0.3) is 0 Å². The number of rotatable bonds is 3. The average molecular weight is 364 g/mol. The number of thiazole rings is 1. The molecule has 1 aliphatic rings. The van der Waals surface area contributed by atoms with Crippen LogP contribution in [0.3, 0.4) is 0 Å². The van der Waals surface area contributed by atoms with Gasteiger partial charge in [-0.3, -0.25) is 0 Å². The van der Waals surface area contributed by atoms with Crippen molar-refractivity contribution in [3.63, 3.8) is 0 Å². The van der Waals surface area contributed by atoms with E-state index < -0.39 is 9.27 Å². The van der Waals surface area contributed by atoms with Crippen LogP contribution in [0.25, 0.3) is 10.2 Å². The first-order chi connectivity index (χ1) is 9.88. The summed E-state index contributed by atoms with van der Waals surface area (Å²) in [5.74, 6) is -0.376. The van der Waals surface area contributed by atoms with Crippen LogP contribution in [0.2, 0.25) is 0 Å². The Kier molecular flexibility index (Phi) is 4.43. The minimum atomic E-state index is -1.18. The third kappa shape index (κ3) is 3.33. The normalized spacial score (nSPS) is 27.1. The topological polar surface area (TPSA) is 42.4 Å². The Morgan fingerprint density at radius 1 is 1.48 bits per heavy atom. The summed E-state index contributed by atoms with van der Waals surface area (Å²) in [6, 6.07) is 7.90. The second kappa shape index (κ2) is 5.87. The molecule has 1 N–H and O–H groups in total. The van der Waals surface area contributed by atoms with E-state index in [9.17, 15) is 5.11 Å². The minimum Gasteiger partial charge on any atom is -0.390 e. The molecule has 114 valence electrons. The number of hydrogen-bond donors (Lipinski definition) is 1. The van der Waals surface area contributed by atoms with Crippen LogP contribution in [0.1, 0.15) is 13.3 Å². The largest absolute Gasteiger partial charge is 0.390 e. The molecule has 1 aromatic heterocycles. The van der Waals surface area contributed by atoms with Crippen molar-refractivity contribution in [1.29, 1.82) is 0 Å². The molecule has 2 heterocycles. The molecule has 1 fully saturated rings. The summed E-state index contributed by atoms with van der Waals surface area (Å²) in [4.78, 5) is 4.53. The Balaban J connectivity index is 1.84. The molecular formula is C14H15Cl2NO2S2. The van der Waals surface area contributed by atoms with Gasteiger partial charge in [-0.25, -0.2) is 4.98 Å². The lowest BCUT2D eigenvalue weighted by atomic mass is 9.86. The molecule has 0 aliphatic carbocycles. The number of fused-ring (bicyclic) bond motifs is 1. The number of hydrogen-bond acceptors (Lipinski definition) is 5. The van der Waals surface area contributed by atoms with E-state index in [2.05, 4.69) is 4.98 Å². The number of nitrogens with zero attached hydrogens (tertiary/aromatic N) is 1. The smallest absolute Gasteiger partial charge is 0.177 e. The van der Waals surface area contributed by atoms with Crippen LogP contribution in [-0.2, 0) is 4.74 Å². The van der Waals surface area contributed by atoms with Crippen LogP contribution in [0.5, 0.6) is 0 Å². The molecule has 21 heavy (non-hydrogen) atoms. The molecular weight excluding hydrogens is 349 g/mol. The van der Waals surface area contributed by atoms with Crippen molar-refractivity contribution in [3.8, 4) is 0 Å². The van der Waals surface area contributed by atoms with Crippen LogP contribution in [0, 0.1) is 5.92 Å². The number of aliphatic hydroxyl groups is 1. The van der Waals surface area contributed by atoms with E-state index >= 15 is 0 Å². The fourth-order valence-corrected chi connectivity index (χ4v) is 6.05. The van der Waals surface area contributed by atoms with Crippen molar-refractivity contribution >= 4 is 56.5 Å². The van der Waals surface area contributed by atoms with Gasteiger partial charge in [-0.05, 0) is 25.5 Å². The summed E-state index contributed by atoms with van der Waals surface area (Å²) in [7, 11) is 0. The fourth-order valence-electron chi connectivity index (χ4n) is 2.38. The van der Waals surface area contributed by atoms with Crippen molar-refractivity contribution in [2.24, 2.45) is 5.92 Å². The Morgan fingerprint density at radius 3 is 2.95 bits per heavy atom. The van der Waals surface area contributed by atoms with Crippen molar-refractivity contribution in [2.75, 3.05) is 13.2 Å². The molecule has 3 nitrogen and oxygen atoms in total. The van der Waals surface area contributed by atoms with Crippen LogP contribution < -0.4 is 0 Å². The van der Waals surface area contributed by atoms with Crippen LogP contribution >= 0.6 is 46.3 Å². The Hall–Kier alpha value is -0.0400. The summed E-state index contributed by atoms with van der Waals surface area (Å²) in [5.41, 5.74) is -0.00777. The number of benzene rings is 1. The first-order valence-electron chi connectivity index (χ1n) is 6.61. The van der Waals surface area contributed by atoms with E-state index in [0.717, 1.165) is 14.6 Å². The maximum Gasteiger partial charge on any atom is 0.177 e. The van der Waals surface area contributed by atoms with Crippen molar-refractivity contribution in [3.05, 3.63) is 24.3 Å². The SMILES string of the molecule is C[C@]1(O)CCOC[C@@H]1C(Cl)(Cl)Sc1nc2ccccc2s1. The van der Waals surface area contributed by atoms with Crippen LogP contribution in [0.15, 0.2) is 28.6 Å². The molecule has 3 rings (SSSR count). The molecule has 1 aromatic carbocycles. The molecule has 0 radical (unpaired) electrons. The lowest BCUT2D eigenvalue weighted by Gasteiger charge is -2.42. The fraction of sp³-hybridized carbons (Fsp3) is 0.500. The van der Waals surface area contributed by atoms with Crippen LogP contribution in [-0.4, -0.2) is 32.6 Å². The summed E-state index contributed by atoms with van der Waals surface area (Å²) >= 11 is 15.9. The van der Waals surface area contributed by atoms with Crippen molar-refractivity contribution in [2.45, 2.75) is 27.0 Å². The van der Waals surface area contributed by atoms with E-state index in [1.165, 1.54) is 11.8 Å². The predicted octanol–water partition coefficient (Wildman–Crippen LogP) is 4.31. The average Bonchev–Trinajstić information content (AvgIpc) is 2.78. The zero-order valence-corrected chi connectivity index (χ0v) is 14.5. The molecule has 1 saturated heterocycles. The highest BCUT2D eigenvalue weighted by molar-refractivity contribution is 8.04. The van der Waals surface area contributed by atoms with E-state index in [1.54, 1.807) is 18.3 Å². The minimum absolute atomic E-state index is 0.345. The maximum absolute atomic E-state index is 10.5. The van der Waals surface area contributed by atoms with Gasteiger partial charge in [0.15, 0.2) is 8.01 Å². The maximum atomic E-state index is 10.5. The van der Waals surface area contributed by atoms with E-state index in [0.29, 0.717) is 19.6 Å². The number of halogens is 2. The molecule has 0 unspecified atom stereocenters. The van der Waals surface area contributed by atoms with Gasteiger partial charge in [-0.2, -0.15) is 0 Å². The van der Waals surface area contributed by atoms with Gasteiger partial charge in [0.1, 0.15) is 0 Å². The molecule has 0 saturated carbocycles. The van der Waals surface area contributed by atoms with Crippen molar-refractivity contribution in [1.82, 2.24) is 4.98 Å². The van der Waals surface area contributed by atoms with Crippen LogP contribution in [0.4, 0.5) is 0 Å². The van der Waals surface area contributed by atoms with Gasteiger partial charge >= 0.3 is 0 Å². The standard InChI is InChI=1S/C14H15Cl2NO2S2/c1-13(18)6-7-19-8-11(13)14(15,16)21-12-17-9-4-2-3-5-10(9)20-12/h2-5,11,18H,6-8H2,1H3/t11-,13-/m0/s1. The molecule has 0 spiro atoms. The third-order valence-electron chi connectivity index (χ3n) is 3.69. The van der Waals surface area contributed by atoms with Gasteiger partial charge in [0.2, 0.25) is 0 Å². The summed E-state index contributed by atoms with van der Waals surface area (Å²) in [5, 5.41) is 10.5. The molecule has 0 amide bonds. The Labute approximate surface area is 141 Å². The molecule has 2 aromatic rings. The van der Waals surface area contributed by atoms with Gasteiger partial charge in [0.05, 0.1) is 28.3 Å². The predicted molar refractivity (Wildman–Crippen MR) is 89.5 cm³/mol. The van der Waals surface area contributed by atoms with Gasteiger partial charge in [-0.1, -0.05) is 47.1 Å². The number of alkyl halides is 2. The number of thioether (sulfide) groups is 1. The summed E-state index contributed by atoms with van der Waals surface area (Å²) < 4.78 is 6.15. The lowest BCUT2D eigenvalue weighted by Crippen LogP contribution is -2.49. The zero-order valence-electron chi connectivity index (χ0n) is 11.4. The molecule has 0 bridgehead atoms. The second-order valence-corrected chi connectivity index (χ2v) is 9.70.